The molecule has 1 atom stereocenters. The van der Waals surface area contributed by atoms with Gasteiger partial charge in [0.25, 0.3) is 0 Å². The van der Waals surface area contributed by atoms with Gasteiger partial charge in [0, 0.05) is 30.9 Å². The minimum Gasteiger partial charge on any atom is -0.354 e. The van der Waals surface area contributed by atoms with Crippen LogP contribution in [0.1, 0.15) is 29.2 Å². The Hall–Kier alpha value is -1.46. The third-order valence-corrected chi connectivity index (χ3v) is 3.90. The number of hydrogen-bond donors (Lipinski definition) is 2. The zero-order valence-electron chi connectivity index (χ0n) is 12.2. The predicted octanol–water partition coefficient (Wildman–Crippen LogP) is 0.882. The number of nitrogens with zero attached hydrogens (tertiary/aromatic N) is 2. The van der Waals surface area contributed by atoms with Crippen LogP contribution in [0.15, 0.2) is 12.2 Å². The summed E-state index contributed by atoms with van der Waals surface area (Å²) in [6, 6.07) is -0.183. The molecule has 5 nitrogen and oxygen atoms in total. The molecule has 1 aromatic rings. The Morgan fingerprint density at radius 2 is 2.29 bits per heavy atom. The van der Waals surface area contributed by atoms with Crippen molar-refractivity contribution in [3.63, 3.8) is 0 Å². The van der Waals surface area contributed by atoms with Gasteiger partial charge in [0.05, 0.1) is 0 Å². The van der Waals surface area contributed by atoms with Crippen LogP contribution in [0.4, 0.5) is 0 Å². The SMILES string of the molecule is Cc1nc(CCNC(=O)C2C=CCN2)nc2c1CCC2.Cl. The summed E-state index contributed by atoms with van der Waals surface area (Å²) in [5.41, 5.74) is 3.64. The number of carbonyl (C=O) groups excluding carboxylic acids is 1. The molecule has 0 aromatic carbocycles. The molecule has 114 valence electrons. The number of fused-ring (bicyclic) bond motifs is 1. The maximum atomic E-state index is 11.8. The molecule has 2 heterocycles. The van der Waals surface area contributed by atoms with Crippen molar-refractivity contribution in [2.24, 2.45) is 0 Å². The van der Waals surface area contributed by atoms with E-state index in [9.17, 15) is 4.79 Å². The van der Waals surface area contributed by atoms with Crippen molar-refractivity contribution in [1.29, 1.82) is 0 Å². The maximum absolute atomic E-state index is 11.8. The van der Waals surface area contributed by atoms with Crippen molar-refractivity contribution in [3.05, 3.63) is 34.9 Å². The summed E-state index contributed by atoms with van der Waals surface area (Å²) >= 11 is 0. The number of halogens is 1. The summed E-state index contributed by atoms with van der Waals surface area (Å²) in [6.07, 6.45) is 7.91. The molecule has 3 rings (SSSR count). The van der Waals surface area contributed by atoms with Crippen molar-refractivity contribution in [3.8, 4) is 0 Å². The summed E-state index contributed by atoms with van der Waals surface area (Å²) in [6.45, 7) is 3.41. The highest BCUT2D eigenvalue weighted by Crippen LogP contribution is 2.22. The van der Waals surface area contributed by atoms with Crippen LogP contribution in [0.5, 0.6) is 0 Å². The second kappa shape index (κ2) is 7.00. The van der Waals surface area contributed by atoms with Gasteiger partial charge < -0.3 is 5.32 Å². The first-order valence-electron chi connectivity index (χ1n) is 7.27. The van der Waals surface area contributed by atoms with Crippen molar-refractivity contribution < 1.29 is 4.79 Å². The summed E-state index contributed by atoms with van der Waals surface area (Å²) < 4.78 is 0. The summed E-state index contributed by atoms with van der Waals surface area (Å²) in [4.78, 5) is 21.0. The molecule has 6 heteroatoms. The van der Waals surface area contributed by atoms with E-state index in [1.807, 2.05) is 12.2 Å². The molecule has 0 radical (unpaired) electrons. The Kier molecular flexibility index (Phi) is 5.31. The number of rotatable bonds is 4. The van der Waals surface area contributed by atoms with E-state index in [1.54, 1.807) is 0 Å². The highest BCUT2D eigenvalue weighted by atomic mass is 35.5. The van der Waals surface area contributed by atoms with Crippen LogP contribution in [0, 0.1) is 6.92 Å². The third-order valence-electron chi connectivity index (χ3n) is 3.90. The monoisotopic (exact) mass is 308 g/mol. The van der Waals surface area contributed by atoms with Gasteiger partial charge in [-0.05, 0) is 31.7 Å². The lowest BCUT2D eigenvalue weighted by atomic mass is 10.2. The van der Waals surface area contributed by atoms with E-state index < -0.39 is 0 Å². The molecule has 0 fully saturated rings. The van der Waals surface area contributed by atoms with Crippen LogP contribution in [0.2, 0.25) is 0 Å². The van der Waals surface area contributed by atoms with E-state index in [1.165, 1.54) is 17.7 Å². The summed E-state index contributed by atoms with van der Waals surface area (Å²) in [5.74, 6) is 0.870. The summed E-state index contributed by atoms with van der Waals surface area (Å²) in [5, 5.41) is 6.02. The molecule has 1 aliphatic carbocycles. The number of nitrogens with one attached hydrogen (secondary N) is 2. The second-order valence-corrected chi connectivity index (χ2v) is 5.36. The number of aromatic nitrogens is 2. The van der Waals surface area contributed by atoms with Crippen molar-refractivity contribution in [2.75, 3.05) is 13.1 Å². The predicted molar refractivity (Wildman–Crippen MR) is 83.7 cm³/mol. The molecule has 0 saturated carbocycles. The van der Waals surface area contributed by atoms with E-state index in [2.05, 4.69) is 27.5 Å². The van der Waals surface area contributed by atoms with Crippen molar-refractivity contribution in [2.45, 2.75) is 38.6 Å². The summed E-state index contributed by atoms with van der Waals surface area (Å²) in [7, 11) is 0. The Labute approximate surface area is 131 Å². The molecule has 1 amide bonds. The van der Waals surface area contributed by atoms with Crippen LogP contribution in [0.25, 0.3) is 0 Å². The fourth-order valence-corrected chi connectivity index (χ4v) is 2.85. The Balaban J connectivity index is 0.00000161. The van der Waals surface area contributed by atoms with Crippen molar-refractivity contribution in [1.82, 2.24) is 20.6 Å². The van der Waals surface area contributed by atoms with E-state index in [0.29, 0.717) is 13.0 Å². The fraction of sp³-hybridized carbons (Fsp3) is 0.533. The molecule has 21 heavy (non-hydrogen) atoms. The fourth-order valence-electron chi connectivity index (χ4n) is 2.85. The van der Waals surface area contributed by atoms with Gasteiger partial charge in [-0.2, -0.15) is 0 Å². The minimum atomic E-state index is -0.183. The Bertz CT molecular complexity index is 559. The quantitative estimate of drug-likeness (QED) is 0.811. The highest BCUT2D eigenvalue weighted by molar-refractivity contribution is 5.85. The lowest BCUT2D eigenvalue weighted by molar-refractivity contribution is -0.121. The van der Waals surface area contributed by atoms with E-state index in [0.717, 1.165) is 30.9 Å². The first-order chi connectivity index (χ1) is 9.74. The Morgan fingerprint density at radius 3 is 3.05 bits per heavy atom. The average molecular weight is 309 g/mol. The zero-order valence-corrected chi connectivity index (χ0v) is 13.0. The van der Waals surface area contributed by atoms with Crippen LogP contribution >= 0.6 is 12.4 Å². The van der Waals surface area contributed by atoms with Crippen LogP contribution < -0.4 is 10.6 Å². The molecular weight excluding hydrogens is 288 g/mol. The number of hydrogen-bond acceptors (Lipinski definition) is 4. The van der Waals surface area contributed by atoms with Gasteiger partial charge in [0.2, 0.25) is 5.91 Å². The van der Waals surface area contributed by atoms with Crippen LogP contribution in [0.3, 0.4) is 0 Å². The minimum absolute atomic E-state index is 0. The average Bonchev–Trinajstić information content (AvgIpc) is 3.09. The van der Waals surface area contributed by atoms with Gasteiger partial charge in [-0.15, -0.1) is 12.4 Å². The Morgan fingerprint density at radius 1 is 1.43 bits per heavy atom. The van der Waals surface area contributed by atoms with E-state index >= 15 is 0 Å². The molecular formula is C15H21ClN4O. The van der Waals surface area contributed by atoms with Crippen LogP contribution in [-0.2, 0) is 24.1 Å². The normalized spacial score (nSPS) is 19.2. The number of amides is 1. The van der Waals surface area contributed by atoms with E-state index in [-0.39, 0.29) is 24.4 Å². The zero-order chi connectivity index (χ0) is 13.9. The molecule has 1 aliphatic heterocycles. The van der Waals surface area contributed by atoms with Crippen molar-refractivity contribution >= 4 is 18.3 Å². The van der Waals surface area contributed by atoms with Gasteiger partial charge in [-0.25, -0.2) is 9.97 Å². The highest BCUT2D eigenvalue weighted by Gasteiger charge is 2.18. The van der Waals surface area contributed by atoms with Gasteiger partial charge in [-0.1, -0.05) is 12.2 Å². The molecule has 0 bridgehead atoms. The molecule has 0 saturated heterocycles. The van der Waals surface area contributed by atoms with Crippen LogP contribution in [-0.4, -0.2) is 35.0 Å². The maximum Gasteiger partial charge on any atom is 0.241 e. The van der Waals surface area contributed by atoms with Gasteiger partial charge in [0.15, 0.2) is 0 Å². The smallest absolute Gasteiger partial charge is 0.241 e. The molecule has 2 aliphatic rings. The van der Waals surface area contributed by atoms with Gasteiger partial charge in [-0.3, -0.25) is 10.1 Å². The number of carbonyl (C=O) groups is 1. The first kappa shape index (κ1) is 15.9. The topological polar surface area (TPSA) is 66.9 Å². The standard InChI is InChI=1S/C15H20N4O.ClH/c1-10-11-4-2-5-12(11)19-14(18-10)7-9-17-15(20)13-6-3-8-16-13;/h3,6,13,16H,2,4-5,7-9H2,1H3,(H,17,20);1H. The lowest BCUT2D eigenvalue weighted by Gasteiger charge is -2.11. The molecule has 1 unspecified atom stereocenters. The molecule has 1 aromatic heterocycles. The third kappa shape index (κ3) is 3.60. The van der Waals surface area contributed by atoms with E-state index in [4.69, 9.17) is 0 Å². The first-order valence-corrected chi connectivity index (χ1v) is 7.27. The molecule has 0 spiro atoms. The second-order valence-electron chi connectivity index (χ2n) is 5.36. The largest absolute Gasteiger partial charge is 0.354 e. The van der Waals surface area contributed by atoms with Gasteiger partial charge in [0.1, 0.15) is 11.9 Å². The lowest BCUT2D eigenvalue weighted by Crippen LogP contribution is -2.41. The van der Waals surface area contributed by atoms with Gasteiger partial charge >= 0.3 is 0 Å². The molecule has 2 N–H and O–H groups in total. The number of aryl methyl sites for hydroxylation is 2.